The van der Waals surface area contributed by atoms with Crippen LogP contribution in [0.4, 0.5) is 5.69 Å². The van der Waals surface area contributed by atoms with Gasteiger partial charge in [0.15, 0.2) is 0 Å². The number of ether oxygens (including phenoxy) is 1. The first kappa shape index (κ1) is 16.2. The summed E-state index contributed by atoms with van der Waals surface area (Å²) in [4.78, 5) is 7.11. The maximum absolute atomic E-state index is 12.7. The van der Waals surface area contributed by atoms with Gasteiger partial charge in [0.1, 0.15) is 16.3 Å². The van der Waals surface area contributed by atoms with Crippen LogP contribution in [0.3, 0.4) is 0 Å². The summed E-state index contributed by atoms with van der Waals surface area (Å²) in [6.07, 6.45) is 3.03. The Morgan fingerprint density at radius 2 is 1.96 bits per heavy atom. The van der Waals surface area contributed by atoms with Crippen molar-refractivity contribution < 1.29 is 13.2 Å². The molecule has 132 valence electrons. The van der Waals surface area contributed by atoms with Gasteiger partial charge in [0.2, 0.25) is 5.88 Å². The summed E-state index contributed by atoms with van der Waals surface area (Å²) in [5, 5.41) is 7.31. The standard InChI is InChI=1S/C17H15N5O3S/c1-11-9-16(21-20-11)25-13-6-4-12(5-7-13)22-26(23,24)15-10-19-17-14(15)3-2-8-18-17/h2-10,22H,1H3,(H,18,19)(H,20,21). The number of hydrogen-bond acceptors (Lipinski definition) is 5. The lowest BCUT2D eigenvalue weighted by Gasteiger charge is -2.08. The number of sulfonamides is 1. The SMILES string of the molecule is Cc1cc(Oc2ccc(NS(=O)(=O)c3c[nH]c4ncccc34)cc2)n[nH]1. The molecule has 8 nitrogen and oxygen atoms in total. The van der Waals surface area contributed by atoms with Crippen molar-refractivity contribution in [1.29, 1.82) is 0 Å². The highest BCUT2D eigenvalue weighted by molar-refractivity contribution is 7.93. The van der Waals surface area contributed by atoms with E-state index in [4.69, 9.17) is 4.74 Å². The summed E-state index contributed by atoms with van der Waals surface area (Å²) in [5.74, 6) is 0.998. The van der Waals surface area contributed by atoms with Gasteiger partial charge in [-0.3, -0.25) is 9.82 Å². The fraction of sp³-hybridized carbons (Fsp3) is 0.0588. The van der Waals surface area contributed by atoms with E-state index in [0.29, 0.717) is 28.4 Å². The van der Waals surface area contributed by atoms with Crippen LogP contribution in [0.25, 0.3) is 11.0 Å². The summed E-state index contributed by atoms with van der Waals surface area (Å²) in [7, 11) is -3.74. The minimum atomic E-state index is -3.74. The molecule has 0 aliphatic heterocycles. The third-order valence-corrected chi connectivity index (χ3v) is 5.14. The quantitative estimate of drug-likeness (QED) is 0.500. The normalized spacial score (nSPS) is 11.6. The Balaban J connectivity index is 1.54. The molecule has 4 rings (SSSR count). The van der Waals surface area contributed by atoms with Crippen LogP contribution in [0.1, 0.15) is 5.69 Å². The first-order chi connectivity index (χ1) is 12.5. The molecule has 26 heavy (non-hydrogen) atoms. The average molecular weight is 369 g/mol. The number of H-pyrrole nitrogens is 2. The number of aromatic nitrogens is 4. The third-order valence-electron chi connectivity index (χ3n) is 3.71. The molecule has 0 saturated carbocycles. The number of nitrogens with one attached hydrogen (secondary N) is 3. The Morgan fingerprint density at radius 1 is 1.15 bits per heavy atom. The number of pyridine rings is 1. The molecule has 0 fully saturated rings. The number of benzene rings is 1. The highest BCUT2D eigenvalue weighted by atomic mass is 32.2. The van der Waals surface area contributed by atoms with Gasteiger partial charge in [0, 0.05) is 35.2 Å². The Hall–Kier alpha value is -3.33. The van der Waals surface area contributed by atoms with Gasteiger partial charge in [-0.2, -0.15) is 0 Å². The van der Waals surface area contributed by atoms with E-state index >= 15 is 0 Å². The highest BCUT2D eigenvalue weighted by Gasteiger charge is 2.19. The van der Waals surface area contributed by atoms with E-state index in [0.717, 1.165) is 5.69 Å². The van der Waals surface area contributed by atoms with Gasteiger partial charge in [-0.15, -0.1) is 5.10 Å². The summed E-state index contributed by atoms with van der Waals surface area (Å²) >= 11 is 0. The molecule has 1 aromatic carbocycles. The van der Waals surface area contributed by atoms with Crippen LogP contribution in [-0.2, 0) is 10.0 Å². The maximum atomic E-state index is 12.7. The molecule has 4 aromatic rings. The van der Waals surface area contributed by atoms with Crippen molar-refractivity contribution in [3.8, 4) is 11.6 Å². The summed E-state index contributed by atoms with van der Waals surface area (Å²) in [6.45, 7) is 1.87. The molecule has 3 N–H and O–H groups in total. The van der Waals surface area contributed by atoms with Crippen molar-refractivity contribution in [2.24, 2.45) is 0 Å². The Morgan fingerprint density at radius 3 is 2.69 bits per heavy atom. The van der Waals surface area contributed by atoms with Gasteiger partial charge in [0.25, 0.3) is 10.0 Å². The predicted molar refractivity (Wildman–Crippen MR) is 96.7 cm³/mol. The Labute approximate surface area is 149 Å². The molecule has 9 heteroatoms. The maximum Gasteiger partial charge on any atom is 0.264 e. The van der Waals surface area contributed by atoms with E-state index < -0.39 is 10.0 Å². The van der Waals surface area contributed by atoms with Crippen molar-refractivity contribution in [1.82, 2.24) is 20.2 Å². The fourth-order valence-corrected chi connectivity index (χ4v) is 3.75. The number of aromatic amines is 2. The number of hydrogen-bond donors (Lipinski definition) is 3. The molecule has 0 unspecified atom stereocenters. The zero-order chi connectivity index (χ0) is 18.1. The van der Waals surface area contributed by atoms with Crippen LogP contribution < -0.4 is 9.46 Å². The Bertz CT molecular complexity index is 1160. The van der Waals surface area contributed by atoms with Crippen LogP contribution in [0.2, 0.25) is 0 Å². The van der Waals surface area contributed by atoms with E-state index in [9.17, 15) is 8.42 Å². The van der Waals surface area contributed by atoms with Crippen LogP contribution >= 0.6 is 0 Å². The van der Waals surface area contributed by atoms with E-state index in [-0.39, 0.29) is 4.90 Å². The molecule has 0 saturated heterocycles. The zero-order valence-electron chi connectivity index (χ0n) is 13.7. The molecule has 0 bridgehead atoms. The topological polar surface area (TPSA) is 113 Å². The molecule has 3 heterocycles. The van der Waals surface area contributed by atoms with Gasteiger partial charge in [-0.05, 0) is 43.3 Å². The van der Waals surface area contributed by atoms with Crippen LogP contribution in [0, 0.1) is 6.92 Å². The zero-order valence-corrected chi connectivity index (χ0v) is 14.5. The van der Waals surface area contributed by atoms with Gasteiger partial charge >= 0.3 is 0 Å². The van der Waals surface area contributed by atoms with Gasteiger partial charge in [0.05, 0.1) is 0 Å². The monoisotopic (exact) mass is 369 g/mol. The second-order valence-electron chi connectivity index (χ2n) is 5.67. The first-order valence-electron chi connectivity index (χ1n) is 7.76. The van der Waals surface area contributed by atoms with Gasteiger partial charge in [-0.1, -0.05) is 0 Å². The van der Waals surface area contributed by atoms with E-state index in [1.807, 2.05) is 6.92 Å². The predicted octanol–water partition coefficient (Wildman–Crippen LogP) is 3.19. The summed E-state index contributed by atoms with van der Waals surface area (Å²) in [5.41, 5.74) is 1.83. The molecule has 0 atom stereocenters. The molecular weight excluding hydrogens is 354 g/mol. The highest BCUT2D eigenvalue weighted by Crippen LogP contribution is 2.26. The van der Waals surface area contributed by atoms with Crippen LogP contribution in [0.5, 0.6) is 11.6 Å². The van der Waals surface area contributed by atoms with E-state index in [1.165, 1.54) is 6.20 Å². The third kappa shape index (κ3) is 3.11. The molecule has 3 aromatic heterocycles. The number of fused-ring (bicyclic) bond motifs is 1. The molecular formula is C17H15N5O3S. The van der Waals surface area contributed by atoms with Gasteiger partial charge in [-0.25, -0.2) is 13.4 Å². The largest absolute Gasteiger partial charge is 0.438 e. The molecule has 0 spiro atoms. The second kappa shape index (κ2) is 6.19. The summed E-state index contributed by atoms with van der Waals surface area (Å²) in [6, 6.07) is 11.7. The lowest BCUT2D eigenvalue weighted by Crippen LogP contribution is -2.12. The molecule has 0 radical (unpaired) electrons. The minimum Gasteiger partial charge on any atom is -0.438 e. The van der Waals surface area contributed by atoms with Crippen LogP contribution in [-0.4, -0.2) is 28.6 Å². The fourth-order valence-electron chi connectivity index (χ4n) is 2.52. The Kier molecular flexibility index (Phi) is 3.85. The lowest BCUT2D eigenvalue weighted by atomic mass is 10.3. The van der Waals surface area contributed by atoms with Crippen molar-refractivity contribution >= 4 is 26.7 Å². The van der Waals surface area contributed by atoms with Gasteiger partial charge < -0.3 is 9.72 Å². The number of nitrogens with zero attached hydrogens (tertiary/aromatic N) is 2. The van der Waals surface area contributed by atoms with E-state index in [2.05, 4.69) is 24.9 Å². The number of anilines is 1. The average Bonchev–Trinajstić information content (AvgIpc) is 3.23. The van der Waals surface area contributed by atoms with Crippen molar-refractivity contribution in [2.75, 3.05) is 4.72 Å². The second-order valence-corrected chi connectivity index (χ2v) is 7.32. The number of aryl methyl sites for hydroxylation is 1. The smallest absolute Gasteiger partial charge is 0.264 e. The first-order valence-corrected chi connectivity index (χ1v) is 9.24. The van der Waals surface area contributed by atoms with E-state index in [1.54, 1.807) is 48.7 Å². The lowest BCUT2D eigenvalue weighted by molar-refractivity contribution is 0.461. The number of rotatable bonds is 5. The summed E-state index contributed by atoms with van der Waals surface area (Å²) < 4.78 is 33.4. The molecule has 0 aliphatic carbocycles. The molecule has 0 amide bonds. The van der Waals surface area contributed by atoms with Crippen LogP contribution in [0.15, 0.2) is 59.8 Å². The van der Waals surface area contributed by atoms with Crippen molar-refractivity contribution in [3.05, 3.63) is 60.6 Å². The minimum absolute atomic E-state index is 0.146. The molecule has 0 aliphatic rings. The van der Waals surface area contributed by atoms with Crippen molar-refractivity contribution in [3.63, 3.8) is 0 Å². The van der Waals surface area contributed by atoms with Crippen molar-refractivity contribution in [2.45, 2.75) is 11.8 Å².